The van der Waals surface area contributed by atoms with Crippen LogP contribution in [0, 0.1) is 20.8 Å². The van der Waals surface area contributed by atoms with Crippen LogP contribution in [0.2, 0.25) is 0 Å². The maximum absolute atomic E-state index is 12.0. The Hall–Kier alpha value is -3.98. The summed E-state index contributed by atoms with van der Waals surface area (Å²) < 4.78 is 9.69. The number of methoxy groups -OCH3 is 1. The Bertz CT molecular complexity index is 1330. The number of aryl methyl sites for hydroxylation is 3. The van der Waals surface area contributed by atoms with E-state index in [4.69, 9.17) is 4.74 Å². The summed E-state index contributed by atoms with van der Waals surface area (Å²) >= 11 is 1.33. The maximum Gasteiger partial charge on any atom is 0.326 e. The van der Waals surface area contributed by atoms with E-state index in [1.54, 1.807) is 19.4 Å². The zero-order valence-electron chi connectivity index (χ0n) is 20.7. The van der Waals surface area contributed by atoms with Gasteiger partial charge in [0, 0.05) is 29.9 Å². The molecule has 4 aromatic rings. The summed E-state index contributed by atoms with van der Waals surface area (Å²) in [6, 6.07) is 14.7. The average molecular weight is 504 g/mol. The predicted octanol–water partition coefficient (Wildman–Crippen LogP) is 5.25. The van der Waals surface area contributed by atoms with Gasteiger partial charge in [-0.1, -0.05) is 42.0 Å². The first-order valence-electron chi connectivity index (χ1n) is 11.6. The molecule has 1 atom stereocenters. The molecule has 0 saturated heterocycles. The first-order valence-corrected chi connectivity index (χ1v) is 12.3. The number of nitrogens with zero attached hydrogens (tertiary/aromatic N) is 3. The first-order chi connectivity index (χ1) is 17.3. The van der Waals surface area contributed by atoms with Crippen molar-refractivity contribution in [3.8, 4) is 17.1 Å². The number of benzene rings is 2. The van der Waals surface area contributed by atoms with Crippen molar-refractivity contribution in [2.24, 2.45) is 0 Å². The Balaban J connectivity index is 1.40. The van der Waals surface area contributed by atoms with Gasteiger partial charge in [0.2, 0.25) is 0 Å². The largest absolute Gasteiger partial charge is 0.497 e. The third kappa shape index (κ3) is 6.17. The van der Waals surface area contributed by atoms with Crippen molar-refractivity contribution in [2.75, 3.05) is 17.7 Å². The van der Waals surface area contributed by atoms with E-state index in [1.807, 2.05) is 51.1 Å². The van der Waals surface area contributed by atoms with Crippen molar-refractivity contribution in [1.82, 2.24) is 14.3 Å². The fourth-order valence-corrected chi connectivity index (χ4v) is 4.65. The minimum Gasteiger partial charge on any atom is -0.497 e. The Labute approximate surface area is 214 Å². The number of carbonyl (C=O) groups is 1. The highest BCUT2D eigenvalue weighted by atomic mass is 32.1. The molecule has 0 bridgehead atoms. The van der Waals surface area contributed by atoms with Crippen molar-refractivity contribution in [2.45, 2.75) is 39.8 Å². The predicted molar refractivity (Wildman–Crippen MR) is 143 cm³/mol. The molecule has 186 valence electrons. The van der Waals surface area contributed by atoms with Gasteiger partial charge in [-0.25, -0.2) is 14.8 Å². The lowest BCUT2D eigenvalue weighted by molar-refractivity contribution is -0.137. The third-order valence-corrected chi connectivity index (χ3v) is 6.51. The highest BCUT2D eigenvalue weighted by molar-refractivity contribution is 7.05. The number of pyridine rings is 1. The third-order valence-electron chi connectivity index (χ3n) is 5.80. The molecule has 0 aliphatic rings. The van der Waals surface area contributed by atoms with E-state index in [0.29, 0.717) is 24.6 Å². The van der Waals surface area contributed by atoms with E-state index in [9.17, 15) is 9.90 Å². The van der Waals surface area contributed by atoms with Crippen LogP contribution < -0.4 is 15.4 Å². The lowest BCUT2D eigenvalue weighted by atomic mass is 10.0. The van der Waals surface area contributed by atoms with Crippen LogP contribution in [-0.4, -0.2) is 38.6 Å². The van der Waals surface area contributed by atoms with E-state index in [-0.39, 0.29) is 0 Å². The molecule has 0 aliphatic carbocycles. The van der Waals surface area contributed by atoms with Gasteiger partial charge in [-0.3, -0.25) is 0 Å². The minimum atomic E-state index is -0.887. The molecule has 0 spiro atoms. The standard InChI is InChI=1S/C27H29N5O3S/c1-16-11-17(2)25(18(3)12-16)30-22(27(33)34)13-19-5-7-20(8-6-19)26-31-24(36-32-26)15-29-23-14-21(35-4)9-10-28-23/h5-12,14,22,30H,13,15H2,1-4H3,(H,28,29)(H,33,34). The van der Waals surface area contributed by atoms with E-state index in [0.717, 1.165) is 44.3 Å². The number of anilines is 2. The lowest BCUT2D eigenvalue weighted by Crippen LogP contribution is -2.32. The number of aliphatic carboxylic acids is 1. The molecule has 0 saturated carbocycles. The molecule has 9 heteroatoms. The van der Waals surface area contributed by atoms with Crippen molar-refractivity contribution < 1.29 is 14.6 Å². The second-order valence-electron chi connectivity index (χ2n) is 8.66. The number of hydrogen-bond donors (Lipinski definition) is 3. The van der Waals surface area contributed by atoms with Crippen LogP contribution in [-0.2, 0) is 17.8 Å². The molecule has 2 aromatic heterocycles. The number of carboxylic acids is 1. The minimum absolute atomic E-state index is 0.357. The average Bonchev–Trinajstić information content (AvgIpc) is 3.33. The number of rotatable bonds is 10. The number of carboxylic acid groups (broad SMARTS) is 1. The van der Waals surface area contributed by atoms with Gasteiger partial charge < -0.3 is 20.5 Å². The smallest absolute Gasteiger partial charge is 0.326 e. The molecule has 0 radical (unpaired) electrons. The highest BCUT2D eigenvalue weighted by Gasteiger charge is 2.20. The van der Waals surface area contributed by atoms with Crippen LogP contribution in [0.3, 0.4) is 0 Å². The van der Waals surface area contributed by atoms with E-state index in [2.05, 4.69) is 37.1 Å². The van der Waals surface area contributed by atoms with Crippen LogP contribution in [0.25, 0.3) is 11.4 Å². The van der Waals surface area contributed by atoms with E-state index in [1.165, 1.54) is 11.5 Å². The summed E-state index contributed by atoms with van der Waals surface area (Å²) in [5, 5.41) is 17.1. The zero-order chi connectivity index (χ0) is 25.7. The van der Waals surface area contributed by atoms with Crippen LogP contribution in [0.4, 0.5) is 11.5 Å². The van der Waals surface area contributed by atoms with E-state index < -0.39 is 12.0 Å². The van der Waals surface area contributed by atoms with Gasteiger partial charge in [-0.2, -0.15) is 4.37 Å². The highest BCUT2D eigenvalue weighted by Crippen LogP contribution is 2.25. The van der Waals surface area contributed by atoms with Crippen LogP contribution in [0.5, 0.6) is 5.75 Å². The summed E-state index contributed by atoms with van der Waals surface area (Å²) in [6.45, 7) is 6.52. The van der Waals surface area contributed by atoms with Crippen LogP contribution in [0.1, 0.15) is 27.3 Å². The number of ether oxygens (including phenoxy) is 1. The van der Waals surface area contributed by atoms with Gasteiger partial charge in [0.15, 0.2) is 5.82 Å². The van der Waals surface area contributed by atoms with Crippen LogP contribution in [0.15, 0.2) is 54.7 Å². The number of hydrogen-bond acceptors (Lipinski definition) is 8. The van der Waals surface area contributed by atoms with Crippen molar-refractivity contribution >= 4 is 29.0 Å². The second kappa shape index (κ2) is 11.2. The second-order valence-corrected chi connectivity index (χ2v) is 9.49. The van der Waals surface area contributed by atoms with Crippen molar-refractivity contribution in [1.29, 1.82) is 0 Å². The molecular formula is C27H29N5O3S. The lowest BCUT2D eigenvalue weighted by Gasteiger charge is -2.20. The van der Waals surface area contributed by atoms with Crippen molar-refractivity contribution in [3.05, 3.63) is 82.0 Å². The molecule has 2 aromatic carbocycles. The van der Waals surface area contributed by atoms with Gasteiger partial charge in [0.25, 0.3) is 0 Å². The molecule has 1 unspecified atom stereocenters. The molecule has 2 heterocycles. The molecule has 36 heavy (non-hydrogen) atoms. The topological polar surface area (TPSA) is 109 Å². The van der Waals surface area contributed by atoms with Gasteiger partial charge in [-0.15, -0.1) is 0 Å². The maximum atomic E-state index is 12.0. The summed E-state index contributed by atoms with van der Waals surface area (Å²) in [5.41, 5.74) is 5.91. The van der Waals surface area contributed by atoms with Gasteiger partial charge in [0.05, 0.1) is 13.7 Å². The Morgan fingerprint density at radius 3 is 2.47 bits per heavy atom. The quantitative estimate of drug-likeness (QED) is 0.269. The zero-order valence-corrected chi connectivity index (χ0v) is 21.5. The molecule has 0 fully saturated rings. The Morgan fingerprint density at radius 2 is 1.81 bits per heavy atom. The number of aromatic nitrogens is 3. The summed E-state index contributed by atoms with van der Waals surface area (Å²) in [7, 11) is 1.62. The molecular weight excluding hydrogens is 474 g/mol. The molecule has 0 aliphatic heterocycles. The van der Waals surface area contributed by atoms with Gasteiger partial charge in [0.1, 0.15) is 22.6 Å². The fourth-order valence-electron chi connectivity index (χ4n) is 4.05. The molecule has 8 nitrogen and oxygen atoms in total. The summed E-state index contributed by atoms with van der Waals surface area (Å²) in [4.78, 5) is 20.9. The molecule has 4 rings (SSSR count). The number of nitrogens with one attached hydrogen (secondary N) is 2. The SMILES string of the molecule is COc1ccnc(NCc2nc(-c3ccc(CC(Nc4c(C)cc(C)cc4C)C(=O)O)cc3)ns2)c1. The van der Waals surface area contributed by atoms with Crippen LogP contribution >= 0.6 is 11.5 Å². The monoisotopic (exact) mass is 503 g/mol. The molecule has 3 N–H and O–H groups in total. The van der Waals surface area contributed by atoms with Gasteiger partial charge >= 0.3 is 5.97 Å². The van der Waals surface area contributed by atoms with E-state index >= 15 is 0 Å². The fraction of sp³-hybridized carbons (Fsp3) is 0.259. The Kier molecular flexibility index (Phi) is 7.80. The van der Waals surface area contributed by atoms with Crippen molar-refractivity contribution in [3.63, 3.8) is 0 Å². The van der Waals surface area contributed by atoms with Gasteiger partial charge in [-0.05, 0) is 55.1 Å². The summed E-state index contributed by atoms with van der Waals surface area (Å²) in [6.07, 6.45) is 2.04. The first kappa shape index (κ1) is 25.1. The molecule has 0 amide bonds. The Morgan fingerprint density at radius 1 is 1.08 bits per heavy atom. The normalized spacial score (nSPS) is 11.7. The summed E-state index contributed by atoms with van der Waals surface area (Å²) in [5.74, 6) is 1.19.